The smallest absolute Gasteiger partial charge is 0.435 e. The minimum absolute atomic E-state index is 0.0344. The van der Waals surface area contributed by atoms with E-state index in [9.17, 15) is 74.6 Å². The highest BCUT2D eigenvalue weighted by atomic mass is 19.4. The number of para-hydroxylation sites is 2. The average molecular weight is 1710 g/mol. The zero-order valence-corrected chi connectivity index (χ0v) is 64.2. The van der Waals surface area contributed by atoms with Crippen molar-refractivity contribution < 1.29 is 89.2 Å². The summed E-state index contributed by atoms with van der Waals surface area (Å²) in [4.78, 5) is 33.7. The van der Waals surface area contributed by atoms with E-state index in [1.165, 1.54) is 119 Å². The Morgan fingerprint density at radius 1 is 0.382 bits per heavy atom. The summed E-state index contributed by atoms with van der Waals surface area (Å²) < 4.78 is 238. The third-order valence-electron chi connectivity index (χ3n) is 18.1. The molecule has 0 bridgehead atoms. The number of hydrogen-bond acceptors (Lipinski definition) is 17. The molecule has 0 aliphatic rings. The van der Waals surface area contributed by atoms with Crippen LogP contribution in [-0.4, -0.2) is 103 Å². The van der Waals surface area contributed by atoms with Gasteiger partial charge in [-0.05, 0) is 172 Å². The molecule has 0 saturated heterocycles. The van der Waals surface area contributed by atoms with Crippen molar-refractivity contribution in [2.45, 2.75) is 51.3 Å². The van der Waals surface area contributed by atoms with Gasteiger partial charge >= 0.3 is 37.5 Å². The quantitative estimate of drug-likeness (QED) is 0.0262. The number of alkyl halides is 17. The molecule has 0 aliphatic carbocycles. The van der Waals surface area contributed by atoms with E-state index in [2.05, 4.69) is 94.7 Å². The molecule has 38 heteroatoms. The summed E-state index contributed by atoms with van der Waals surface area (Å²) >= 11 is 0. The average Bonchev–Trinajstić information content (AvgIpc) is 1.64. The van der Waals surface area contributed by atoms with Gasteiger partial charge in [-0.2, -0.15) is 74.6 Å². The van der Waals surface area contributed by atoms with E-state index in [0.717, 1.165) is 69.6 Å². The third kappa shape index (κ3) is 21.4. The number of aliphatic hydroxyl groups is 1. The number of ether oxygens (including phenoxy) is 2. The summed E-state index contributed by atoms with van der Waals surface area (Å²) in [6.07, 6.45) is -13.5. The van der Waals surface area contributed by atoms with E-state index in [1.807, 2.05) is 65.4 Å². The number of anilines is 10. The standard InChI is InChI=1S/C23H19F6N5O.C22H17F6N5O.C20H15F3N4.C20H16F2N4O/c1-35-11-9-30-16-12-17(20-21(23(27,28)29)33-19-4-2-3-10-34(19)20)32-18(13-16)31-15-7-5-14(6-8-15)22(24,25)26;23-21(24,25)13-4-6-14(7-5-13)30-17-12-15(29-8-10-34)11-16(31-17)19-20(22(26,27)28)32-18-3-1-2-9-33(18)19;1-13-10-14-4-2-3-5-17(14)27(13)19-12-24-11-18(26-19)25-16-8-6-15(7-9-16)20(21,22)23;1-13-10-14-4-2-3-5-17(14)26(13)19-12-23-11-18(25-19)24-15-6-8-16(9-7-15)27-20(21)22/h2-8,10,12-13H,9,11H2,1H3,(H2,30,31,32);1-7,9,11-12,34H,8,10H2,(H2,29,30,31);2-12H,1H3,(H,25,26);2-12,20H,1H3,(H,24,25). The van der Waals surface area contributed by atoms with Gasteiger partial charge in [-0.15, -0.1) is 0 Å². The molecule has 21 nitrogen and oxygen atoms in total. The number of imidazole rings is 2. The number of nitrogens with one attached hydrogen (secondary N) is 6. The summed E-state index contributed by atoms with van der Waals surface area (Å²) in [5.41, 5.74) is 1.50. The SMILES string of the molecule is COCCNc1cc(Nc2ccc(C(F)(F)F)cc2)nc(-c2c(C(F)(F)F)nc3ccccn23)c1.Cc1cc2ccccc2n1-c1cncc(Nc2ccc(C(F)(F)F)cc2)n1.Cc1cc2ccccc2n1-c1cncc(Nc2ccc(OC(F)F)cc2)n1.OCCNc1cc(Nc2ccc(C(F)(F)F)cc2)nc(-c2c(C(F)(F)F)nc3ccccn23)c1. The summed E-state index contributed by atoms with van der Waals surface area (Å²) in [5.74, 6) is 2.63. The highest BCUT2D eigenvalue weighted by molar-refractivity contribution is 5.84. The van der Waals surface area contributed by atoms with Crippen molar-refractivity contribution in [2.75, 3.05) is 65.3 Å². The molecule has 16 rings (SSSR count). The molecule has 0 atom stereocenters. The van der Waals surface area contributed by atoms with E-state index in [0.29, 0.717) is 59.2 Å². The number of pyridine rings is 4. The Morgan fingerprint density at radius 3 is 1.11 bits per heavy atom. The van der Waals surface area contributed by atoms with Gasteiger partial charge in [-0.3, -0.25) is 27.9 Å². The Bertz CT molecular complexity index is 6310. The molecule has 0 spiro atoms. The molecule has 123 heavy (non-hydrogen) atoms. The van der Waals surface area contributed by atoms with Gasteiger partial charge in [-0.1, -0.05) is 48.5 Å². The van der Waals surface area contributed by atoms with E-state index >= 15 is 0 Å². The first-order valence-corrected chi connectivity index (χ1v) is 36.8. The van der Waals surface area contributed by atoms with Crippen LogP contribution in [0.5, 0.6) is 5.75 Å². The number of hydrogen-bond donors (Lipinski definition) is 7. The predicted molar refractivity (Wildman–Crippen MR) is 431 cm³/mol. The van der Waals surface area contributed by atoms with Crippen LogP contribution in [0.1, 0.15) is 39.5 Å². The van der Waals surface area contributed by atoms with Crippen molar-refractivity contribution in [1.82, 2.24) is 57.8 Å². The van der Waals surface area contributed by atoms with Crippen molar-refractivity contribution in [3.8, 4) is 40.2 Å². The minimum Gasteiger partial charge on any atom is -0.435 e. The molecule has 7 N–H and O–H groups in total. The second-order valence-corrected chi connectivity index (χ2v) is 26.8. The Morgan fingerprint density at radius 2 is 0.748 bits per heavy atom. The van der Waals surface area contributed by atoms with E-state index < -0.39 is 65.6 Å². The summed E-state index contributed by atoms with van der Waals surface area (Å²) in [6.45, 7) is 1.74. The topological polar surface area (TPSA) is 233 Å². The summed E-state index contributed by atoms with van der Waals surface area (Å²) in [7, 11) is 1.51. The molecule has 0 radical (unpaired) electrons. The van der Waals surface area contributed by atoms with Crippen LogP contribution in [0.3, 0.4) is 0 Å². The van der Waals surface area contributed by atoms with Crippen LogP contribution in [-0.2, 0) is 35.6 Å². The zero-order valence-electron chi connectivity index (χ0n) is 64.2. The molecular weight excluding hydrogens is 1640 g/mol. The van der Waals surface area contributed by atoms with Gasteiger partial charge in [0, 0.05) is 101 Å². The second-order valence-electron chi connectivity index (χ2n) is 26.8. The number of rotatable bonds is 21. The van der Waals surface area contributed by atoms with Crippen molar-refractivity contribution in [1.29, 1.82) is 0 Å². The fourth-order valence-electron chi connectivity index (χ4n) is 12.8. The summed E-state index contributed by atoms with van der Waals surface area (Å²) in [5, 5.41) is 29.1. The van der Waals surface area contributed by atoms with Crippen LogP contribution < -0.4 is 36.6 Å². The largest absolute Gasteiger partial charge is 0.435 e. The van der Waals surface area contributed by atoms with Crippen LogP contribution >= 0.6 is 0 Å². The van der Waals surface area contributed by atoms with Crippen LogP contribution in [0.2, 0.25) is 0 Å². The number of aromatic nitrogens is 12. The summed E-state index contributed by atoms with van der Waals surface area (Å²) in [6, 6.07) is 54.5. The molecule has 0 fully saturated rings. The Kier molecular flexibility index (Phi) is 25.8. The minimum atomic E-state index is -4.77. The molecule has 10 aromatic heterocycles. The number of aryl methyl sites for hydroxylation is 2. The van der Waals surface area contributed by atoms with Gasteiger partial charge < -0.3 is 46.5 Å². The lowest BCUT2D eigenvalue weighted by molar-refractivity contribution is -0.141. The second kappa shape index (κ2) is 36.7. The van der Waals surface area contributed by atoms with Gasteiger partial charge in [0.2, 0.25) is 0 Å². The van der Waals surface area contributed by atoms with Crippen molar-refractivity contribution >= 4 is 90.5 Å². The monoisotopic (exact) mass is 1710 g/mol. The van der Waals surface area contributed by atoms with Crippen LogP contribution in [0.4, 0.5) is 132 Å². The maximum atomic E-state index is 13.9. The van der Waals surface area contributed by atoms with E-state index in [1.54, 1.807) is 55.0 Å². The molecule has 0 amide bonds. The number of methoxy groups -OCH3 is 1. The first-order chi connectivity index (χ1) is 58.6. The lowest BCUT2D eigenvalue weighted by Gasteiger charge is -2.14. The fourth-order valence-corrected chi connectivity index (χ4v) is 12.8. The Labute approximate surface area is 686 Å². The molecule has 0 unspecified atom stereocenters. The fraction of sp³-hybridized carbons (Fsp3) is 0.153. The molecule has 0 aliphatic heterocycles. The van der Waals surface area contributed by atoms with Crippen LogP contribution in [0, 0.1) is 13.8 Å². The molecule has 10 heterocycles. The first kappa shape index (κ1) is 86.4. The van der Waals surface area contributed by atoms with Gasteiger partial charge in [0.05, 0.1) is 77.1 Å². The zero-order chi connectivity index (χ0) is 87.5. The first-order valence-electron chi connectivity index (χ1n) is 36.8. The van der Waals surface area contributed by atoms with Crippen LogP contribution in [0.15, 0.2) is 256 Å². The highest BCUT2D eigenvalue weighted by Crippen LogP contribution is 2.42. The van der Waals surface area contributed by atoms with E-state index in [4.69, 9.17) is 9.84 Å². The number of halogens is 17. The van der Waals surface area contributed by atoms with Gasteiger partial charge in [-0.25, -0.2) is 29.9 Å². The maximum Gasteiger partial charge on any atom is 0.435 e. The molecule has 16 aromatic rings. The molecule has 634 valence electrons. The van der Waals surface area contributed by atoms with Crippen molar-refractivity contribution in [3.63, 3.8) is 0 Å². The maximum absolute atomic E-state index is 13.9. The number of aliphatic hydroxyl groups excluding tert-OH is 1. The lowest BCUT2D eigenvalue weighted by Crippen LogP contribution is -2.10. The van der Waals surface area contributed by atoms with Crippen molar-refractivity contribution in [3.05, 3.63) is 295 Å². The number of benzene rings is 6. The Balaban J connectivity index is 0.000000142. The van der Waals surface area contributed by atoms with Crippen molar-refractivity contribution in [2.24, 2.45) is 0 Å². The number of nitrogens with zero attached hydrogens (tertiary/aromatic N) is 12. The molecule has 0 saturated carbocycles. The normalized spacial score (nSPS) is 11.9. The highest BCUT2D eigenvalue weighted by Gasteiger charge is 2.41. The van der Waals surface area contributed by atoms with Gasteiger partial charge in [0.25, 0.3) is 0 Å². The van der Waals surface area contributed by atoms with E-state index in [-0.39, 0.29) is 76.0 Å². The predicted octanol–water partition coefficient (Wildman–Crippen LogP) is 22.4. The molecular formula is C85H67F17N18O3. The molecule has 6 aromatic carbocycles. The third-order valence-corrected chi connectivity index (χ3v) is 18.1. The van der Waals surface area contributed by atoms with Gasteiger partial charge in [0.1, 0.15) is 40.1 Å². The van der Waals surface area contributed by atoms with Crippen LogP contribution in [0.25, 0.3) is 67.5 Å². The lowest BCUT2D eigenvalue weighted by atomic mass is 10.2. The Hall–Kier alpha value is -14.4. The number of fused-ring (bicyclic) bond motifs is 4. The van der Waals surface area contributed by atoms with Gasteiger partial charge in [0.15, 0.2) is 34.7 Å².